The van der Waals surface area contributed by atoms with Crippen molar-refractivity contribution in [1.82, 2.24) is 5.32 Å². The number of benzene rings is 1. The third-order valence-electron chi connectivity index (χ3n) is 3.49. The minimum Gasteiger partial charge on any atom is -0.310 e. The van der Waals surface area contributed by atoms with Crippen LogP contribution in [0.4, 0.5) is 0 Å². The average molecular weight is 231 g/mol. The Kier molecular flexibility index (Phi) is 3.88. The summed E-state index contributed by atoms with van der Waals surface area (Å²) in [4.78, 5) is 0. The second-order valence-electron chi connectivity index (χ2n) is 6.49. The van der Waals surface area contributed by atoms with Crippen molar-refractivity contribution in [3.05, 3.63) is 35.9 Å². The van der Waals surface area contributed by atoms with Crippen LogP contribution in [0.5, 0.6) is 0 Å². The highest BCUT2D eigenvalue weighted by molar-refractivity contribution is 5.21. The first-order valence-electron chi connectivity index (χ1n) is 6.84. The quantitative estimate of drug-likeness (QED) is 0.802. The van der Waals surface area contributed by atoms with Gasteiger partial charge in [-0.2, -0.15) is 0 Å². The minimum atomic E-state index is 0.428. The maximum Gasteiger partial charge on any atom is 0.0348 e. The van der Waals surface area contributed by atoms with Crippen LogP contribution in [-0.2, 0) is 0 Å². The first kappa shape index (κ1) is 12.6. The van der Waals surface area contributed by atoms with Crippen LogP contribution in [0.2, 0.25) is 0 Å². The Labute approximate surface area is 106 Å². The zero-order valence-corrected chi connectivity index (χ0v) is 11.4. The Morgan fingerprint density at radius 3 is 2.35 bits per heavy atom. The predicted molar refractivity (Wildman–Crippen MR) is 74.0 cm³/mol. The van der Waals surface area contributed by atoms with Crippen molar-refractivity contribution in [2.24, 2.45) is 11.3 Å². The standard InChI is InChI=1S/C16H25N/c1-16(2,3)11-12-17-15(14-9-10-14)13-7-5-4-6-8-13/h4-8,14-15,17H,9-12H2,1-3H3. The van der Waals surface area contributed by atoms with Crippen molar-refractivity contribution in [3.63, 3.8) is 0 Å². The molecule has 1 aliphatic carbocycles. The SMILES string of the molecule is CC(C)(C)CCNC(c1ccccc1)C1CC1. The highest BCUT2D eigenvalue weighted by Crippen LogP contribution is 2.41. The van der Waals surface area contributed by atoms with E-state index in [1.807, 2.05) is 0 Å². The van der Waals surface area contributed by atoms with Crippen molar-refractivity contribution in [2.45, 2.75) is 46.1 Å². The van der Waals surface area contributed by atoms with Crippen LogP contribution in [0.3, 0.4) is 0 Å². The van der Waals surface area contributed by atoms with Crippen molar-refractivity contribution >= 4 is 0 Å². The molecule has 1 saturated carbocycles. The van der Waals surface area contributed by atoms with E-state index in [9.17, 15) is 0 Å². The average Bonchev–Trinajstić information content (AvgIpc) is 3.08. The molecule has 1 aromatic rings. The molecule has 0 aliphatic heterocycles. The van der Waals surface area contributed by atoms with Crippen LogP contribution in [0.15, 0.2) is 30.3 Å². The molecule has 0 spiro atoms. The first-order chi connectivity index (χ1) is 8.06. The summed E-state index contributed by atoms with van der Waals surface area (Å²) in [5.74, 6) is 0.873. The van der Waals surface area contributed by atoms with Crippen LogP contribution in [0.25, 0.3) is 0 Å². The zero-order valence-electron chi connectivity index (χ0n) is 11.4. The molecule has 0 aromatic heterocycles. The van der Waals surface area contributed by atoms with Gasteiger partial charge in [-0.1, -0.05) is 51.1 Å². The molecule has 1 atom stereocenters. The smallest absolute Gasteiger partial charge is 0.0348 e. The predicted octanol–water partition coefficient (Wildman–Crippen LogP) is 4.16. The molecule has 1 nitrogen and oxygen atoms in total. The molecule has 0 heterocycles. The molecule has 0 amide bonds. The molecule has 0 bridgehead atoms. The van der Waals surface area contributed by atoms with Crippen LogP contribution in [0, 0.1) is 11.3 Å². The van der Waals surface area contributed by atoms with Gasteiger partial charge in [-0.25, -0.2) is 0 Å². The van der Waals surface area contributed by atoms with Crippen molar-refractivity contribution in [3.8, 4) is 0 Å². The largest absolute Gasteiger partial charge is 0.310 e. The molecule has 2 rings (SSSR count). The second-order valence-corrected chi connectivity index (χ2v) is 6.49. The van der Waals surface area contributed by atoms with E-state index in [0.717, 1.165) is 12.5 Å². The van der Waals surface area contributed by atoms with Crippen LogP contribution in [0.1, 0.15) is 51.6 Å². The molecule has 1 N–H and O–H groups in total. The summed E-state index contributed by atoms with van der Waals surface area (Å²) in [6.07, 6.45) is 4.02. The Bertz CT molecular complexity index is 332. The third-order valence-corrected chi connectivity index (χ3v) is 3.49. The van der Waals surface area contributed by atoms with Crippen LogP contribution < -0.4 is 5.32 Å². The van der Waals surface area contributed by atoms with Gasteiger partial charge in [-0.3, -0.25) is 0 Å². The number of hydrogen-bond acceptors (Lipinski definition) is 1. The third kappa shape index (κ3) is 4.16. The molecule has 1 unspecified atom stereocenters. The molecule has 1 aromatic carbocycles. The molecule has 94 valence electrons. The van der Waals surface area contributed by atoms with E-state index in [0.29, 0.717) is 11.5 Å². The monoisotopic (exact) mass is 231 g/mol. The molecule has 1 heteroatoms. The van der Waals surface area contributed by atoms with Gasteiger partial charge < -0.3 is 5.32 Å². The molecule has 0 radical (unpaired) electrons. The summed E-state index contributed by atoms with van der Waals surface area (Å²) in [7, 11) is 0. The first-order valence-corrected chi connectivity index (χ1v) is 6.84. The normalized spacial score (nSPS) is 18.1. The topological polar surface area (TPSA) is 12.0 Å². The lowest BCUT2D eigenvalue weighted by Gasteiger charge is -2.23. The maximum absolute atomic E-state index is 3.75. The lowest BCUT2D eigenvalue weighted by molar-refractivity contribution is 0.347. The molecule has 1 aliphatic rings. The van der Waals surface area contributed by atoms with Gasteiger partial charge in [-0.05, 0) is 42.7 Å². The minimum absolute atomic E-state index is 0.428. The van der Waals surface area contributed by atoms with E-state index >= 15 is 0 Å². The van der Waals surface area contributed by atoms with Crippen molar-refractivity contribution in [2.75, 3.05) is 6.54 Å². The van der Waals surface area contributed by atoms with Crippen LogP contribution in [-0.4, -0.2) is 6.54 Å². The fourth-order valence-corrected chi connectivity index (χ4v) is 2.25. The van der Waals surface area contributed by atoms with Gasteiger partial charge >= 0.3 is 0 Å². The van der Waals surface area contributed by atoms with Gasteiger partial charge in [0.15, 0.2) is 0 Å². The summed E-state index contributed by atoms with van der Waals surface area (Å²) < 4.78 is 0. The van der Waals surface area contributed by atoms with E-state index in [1.54, 1.807) is 0 Å². The lowest BCUT2D eigenvalue weighted by Crippen LogP contribution is -2.26. The Hall–Kier alpha value is -0.820. The lowest BCUT2D eigenvalue weighted by atomic mass is 9.92. The zero-order chi connectivity index (χ0) is 12.3. The molecular weight excluding hydrogens is 206 g/mol. The van der Waals surface area contributed by atoms with Gasteiger partial charge in [0.2, 0.25) is 0 Å². The Balaban J connectivity index is 1.90. The molecule has 1 fully saturated rings. The van der Waals surface area contributed by atoms with Gasteiger partial charge in [-0.15, -0.1) is 0 Å². The number of hydrogen-bond donors (Lipinski definition) is 1. The van der Waals surface area contributed by atoms with E-state index in [4.69, 9.17) is 0 Å². The fourth-order valence-electron chi connectivity index (χ4n) is 2.25. The molecule has 17 heavy (non-hydrogen) atoms. The van der Waals surface area contributed by atoms with Gasteiger partial charge in [0.05, 0.1) is 0 Å². The maximum atomic E-state index is 3.75. The molecule has 0 saturated heterocycles. The van der Waals surface area contributed by atoms with E-state index in [1.165, 1.54) is 24.8 Å². The van der Waals surface area contributed by atoms with E-state index < -0.39 is 0 Å². The van der Waals surface area contributed by atoms with Crippen molar-refractivity contribution in [1.29, 1.82) is 0 Å². The Morgan fingerprint density at radius 1 is 1.18 bits per heavy atom. The van der Waals surface area contributed by atoms with Gasteiger partial charge in [0, 0.05) is 6.04 Å². The summed E-state index contributed by atoms with van der Waals surface area (Å²) in [5.41, 5.74) is 1.89. The molecular formula is C16H25N. The highest BCUT2D eigenvalue weighted by Gasteiger charge is 2.31. The number of rotatable bonds is 5. The fraction of sp³-hybridized carbons (Fsp3) is 0.625. The second kappa shape index (κ2) is 5.22. The van der Waals surface area contributed by atoms with E-state index in [2.05, 4.69) is 56.4 Å². The van der Waals surface area contributed by atoms with E-state index in [-0.39, 0.29) is 0 Å². The summed E-state index contributed by atoms with van der Waals surface area (Å²) in [6.45, 7) is 8.05. The Morgan fingerprint density at radius 2 is 1.82 bits per heavy atom. The summed E-state index contributed by atoms with van der Waals surface area (Å²) in [5, 5.41) is 3.75. The van der Waals surface area contributed by atoms with Gasteiger partial charge in [0.25, 0.3) is 0 Å². The highest BCUT2D eigenvalue weighted by atomic mass is 14.9. The van der Waals surface area contributed by atoms with Gasteiger partial charge in [0.1, 0.15) is 0 Å². The number of nitrogens with one attached hydrogen (secondary N) is 1. The van der Waals surface area contributed by atoms with Crippen LogP contribution >= 0.6 is 0 Å². The summed E-state index contributed by atoms with van der Waals surface area (Å²) >= 11 is 0. The summed E-state index contributed by atoms with van der Waals surface area (Å²) in [6, 6.07) is 11.5. The van der Waals surface area contributed by atoms with Crippen molar-refractivity contribution < 1.29 is 0 Å².